The molecular weight excluding hydrogens is 140 g/mol. The zero-order chi connectivity index (χ0) is 8.43. The van der Waals surface area contributed by atoms with Crippen molar-refractivity contribution in [3.8, 4) is 0 Å². The first kappa shape index (κ1) is 8.27. The molecule has 0 aliphatic carbocycles. The zero-order valence-corrected chi connectivity index (χ0v) is 7.18. The predicted octanol–water partition coefficient (Wildman–Crippen LogP) is 1.47. The second-order valence-corrected chi connectivity index (χ2v) is 2.77. The molecule has 1 atom stereocenters. The van der Waals surface area contributed by atoms with Crippen molar-refractivity contribution in [2.75, 3.05) is 0 Å². The van der Waals surface area contributed by atoms with Crippen molar-refractivity contribution in [3.05, 3.63) is 17.0 Å². The maximum Gasteiger partial charge on any atom is 0.0823 e. The fourth-order valence-corrected chi connectivity index (χ4v) is 1.25. The fraction of sp³-hybridized carbons (Fsp3) is 0.625. The van der Waals surface area contributed by atoms with Crippen LogP contribution in [0.3, 0.4) is 0 Å². The van der Waals surface area contributed by atoms with Gasteiger partial charge in [-0.2, -0.15) is 5.10 Å². The number of hydrogen-bond donors (Lipinski definition) is 2. The van der Waals surface area contributed by atoms with E-state index in [0.29, 0.717) is 0 Å². The van der Waals surface area contributed by atoms with Gasteiger partial charge in [0.2, 0.25) is 0 Å². The van der Waals surface area contributed by atoms with Gasteiger partial charge in [0.25, 0.3) is 0 Å². The molecule has 0 fully saturated rings. The monoisotopic (exact) mass is 154 g/mol. The molecule has 11 heavy (non-hydrogen) atoms. The van der Waals surface area contributed by atoms with E-state index in [4.69, 9.17) is 0 Å². The van der Waals surface area contributed by atoms with Crippen LogP contribution in [-0.4, -0.2) is 15.3 Å². The second-order valence-electron chi connectivity index (χ2n) is 2.77. The average molecular weight is 154 g/mol. The van der Waals surface area contributed by atoms with Gasteiger partial charge in [0.05, 0.1) is 11.8 Å². The lowest BCUT2D eigenvalue weighted by molar-refractivity contribution is 0.172. The molecule has 0 spiro atoms. The van der Waals surface area contributed by atoms with Crippen LogP contribution in [0.4, 0.5) is 0 Å². The number of aromatic amines is 1. The molecule has 1 unspecified atom stereocenters. The zero-order valence-electron chi connectivity index (χ0n) is 7.18. The van der Waals surface area contributed by atoms with Crippen molar-refractivity contribution in [3.63, 3.8) is 0 Å². The van der Waals surface area contributed by atoms with E-state index < -0.39 is 0 Å². The molecule has 0 aliphatic rings. The third-order valence-corrected chi connectivity index (χ3v) is 1.91. The first-order valence-electron chi connectivity index (χ1n) is 3.86. The SMILES string of the molecule is CCC(O)c1c(C)n[nH]c1C. The molecule has 1 rings (SSSR count). The number of aromatic nitrogens is 2. The maximum absolute atomic E-state index is 9.52. The van der Waals surface area contributed by atoms with Gasteiger partial charge in [-0.25, -0.2) is 0 Å². The Morgan fingerprint density at radius 2 is 2.18 bits per heavy atom. The highest BCUT2D eigenvalue weighted by molar-refractivity contribution is 5.25. The molecule has 0 amide bonds. The van der Waals surface area contributed by atoms with Crippen LogP contribution in [0.15, 0.2) is 0 Å². The molecule has 0 bridgehead atoms. The largest absolute Gasteiger partial charge is 0.388 e. The van der Waals surface area contributed by atoms with Crippen molar-refractivity contribution in [2.24, 2.45) is 0 Å². The molecule has 1 aromatic heterocycles. The molecule has 0 aliphatic heterocycles. The number of rotatable bonds is 2. The standard InChI is InChI=1S/C8H14N2O/c1-4-7(11)8-5(2)9-10-6(8)3/h7,11H,4H2,1-3H3,(H,9,10). The van der Waals surface area contributed by atoms with Crippen molar-refractivity contribution >= 4 is 0 Å². The van der Waals surface area contributed by atoms with Gasteiger partial charge in [0.15, 0.2) is 0 Å². The first-order valence-corrected chi connectivity index (χ1v) is 3.86. The predicted molar refractivity (Wildman–Crippen MR) is 43.3 cm³/mol. The van der Waals surface area contributed by atoms with E-state index in [9.17, 15) is 5.11 Å². The van der Waals surface area contributed by atoms with Crippen LogP contribution < -0.4 is 0 Å². The van der Waals surface area contributed by atoms with Crippen molar-refractivity contribution in [1.82, 2.24) is 10.2 Å². The van der Waals surface area contributed by atoms with Crippen LogP contribution in [0.25, 0.3) is 0 Å². The van der Waals surface area contributed by atoms with Gasteiger partial charge in [-0.1, -0.05) is 6.92 Å². The van der Waals surface area contributed by atoms with Crippen molar-refractivity contribution in [1.29, 1.82) is 0 Å². The highest BCUT2D eigenvalue weighted by Crippen LogP contribution is 2.21. The Morgan fingerprint density at radius 3 is 2.55 bits per heavy atom. The fourth-order valence-electron chi connectivity index (χ4n) is 1.25. The Labute approximate surface area is 66.4 Å². The van der Waals surface area contributed by atoms with E-state index in [1.54, 1.807) is 0 Å². The van der Waals surface area contributed by atoms with E-state index in [0.717, 1.165) is 23.4 Å². The number of nitrogens with one attached hydrogen (secondary N) is 1. The molecule has 0 radical (unpaired) electrons. The van der Waals surface area contributed by atoms with E-state index in [1.807, 2.05) is 20.8 Å². The molecule has 3 nitrogen and oxygen atoms in total. The third kappa shape index (κ3) is 1.43. The molecule has 2 N–H and O–H groups in total. The summed E-state index contributed by atoms with van der Waals surface area (Å²) in [5.41, 5.74) is 2.82. The van der Waals surface area contributed by atoms with Crippen LogP contribution >= 0.6 is 0 Å². The summed E-state index contributed by atoms with van der Waals surface area (Å²) in [6.45, 7) is 5.78. The molecular formula is C8H14N2O. The van der Waals surface area contributed by atoms with E-state index >= 15 is 0 Å². The van der Waals surface area contributed by atoms with Crippen LogP contribution in [0.2, 0.25) is 0 Å². The minimum absolute atomic E-state index is 0.367. The Kier molecular flexibility index (Phi) is 2.29. The molecule has 1 aromatic rings. The molecule has 62 valence electrons. The number of aliphatic hydroxyl groups excluding tert-OH is 1. The summed E-state index contributed by atoms with van der Waals surface area (Å²) in [5.74, 6) is 0. The van der Waals surface area contributed by atoms with E-state index in [1.165, 1.54) is 0 Å². The minimum Gasteiger partial charge on any atom is -0.388 e. The second kappa shape index (κ2) is 3.05. The van der Waals surface area contributed by atoms with Gasteiger partial charge in [0.1, 0.15) is 0 Å². The smallest absolute Gasteiger partial charge is 0.0823 e. The summed E-state index contributed by atoms with van der Waals surface area (Å²) >= 11 is 0. The van der Waals surface area contributed by atoms with Crippen LogP contribution in [0.5, 0.6) is 0 Å². The number of hydrogen-bond acceptors (Lipinski definition) is 2. The molecule has 0 saturated heterocycles. The van der Waals surface area contributed by atoms with Crippen molar-refractivity contribution < 1.29 is 5.11 Å². The number of H-pyrrole nitrogens is 1. The lowest BCUT2D eigenvalue weighted by Gasteiger charge is -2.06. The lowest BCUT2D eigenvalue weighted by Crippen LogP contribution is -1.97. The van der Waals surface area contributed by atoms with Gasteiger partial charge in [-0.3, -0.25) is 5.10 Å². The normalized spacial score (nSPS) is 13.5. The summed E-state index contributed by atoms with van der Waals surface area (Å²) in [4.78, 5) is 0. The lowest BCUT2D eigenvalue weighted by atomic mass is 10.1. The maximum atomic E-state index is 9.52. The van der Waals surface area contributed by atoms with Crippen LogP contribution in [-0.2, 0) is 0 Å². The highest BCUT2D eigenvalue weighted by atomic mass is 16.3. The van der Waals surface area contributed by atoms with Crippen molar-refractivity contribution in [2.45, 2.75) is 33.3 Å². The summed E-state index contributed by atoms with van der Waals surface area (Å²) < 4.78 is 0. The van der Waals surface area contributed by atoms with Crippen LogP contribution in [0, 0.1) is 13.8 Å². The Balaban J connectivity index is 3.00. The quantitative estimate of drug-likeness (QED) is 0.677. The average Bonchev–Trinajstić information content (AvgIpc) is 2.30. The number of nitrogens with zero attached hydrogens (tertiary/aromatic N) is 1. The Morgan fingerprint density at radius 1 is 1.55 bits per heavy atom. The Bertz CT molecular complexity index is 223. The van der Waals surface area contributed by atoms with E-state index in [-0.39, 0.29) is 6.10 Å². The van der Waals surface area contributed by atoms with Gasteiger partial charge in [-0.15, -0.1) is 0 Å². The molecule has 1 heterocycles. The summed E-state index contributed by atoms with van der Waals surface area (Å²) in [5, 5.41) is 16.4. The van der Waals surface area contributed by atoms with E-state index in [2.05, 4.69) is 10.2 Å². The minimum atomic E-state index is -0.367. The number of aryl methyl sites for hydroxylation is 2. The molecule has 0 saturated carbocycles. The Hall–Kier alpha value is -0.830. The third-order valence-electron chi connectivity index (χ3n) is 1.91. The summed E-state index contributed by atoms with van der Waals surface area (Å²) in [6.07, 6.45) is 0.370. The topological polar surface area (TPSA) is 48.9 Å². The highest BCUT2D eigenvalue weighted by Gasteiger charge is 2.13. The summed E-state index contributed by atoms with van der Waals surface area (Å²) in [6, 6.07) is 0. The van der Waals surface area contributed by atoms with Gasteiger partial charge in [0, 0.05) is 11.3 Å². The van der Waals surface area contributed by atoms with Gasteiger partial charge >= 0.3 is 0 Å². The van der Waals surface area contributed by atoms with Gasteiger partial charge in [-0.05, 0) is 20.3 Å². The molecule has 3 heteroatoms. The van der Waals surface area contributed by atoms with Gasteiger partial charge < -0.3 is 5.11 Å². The summed E-state index contributed by atoms with van der Waals surface area (Å²) in [7, 11) is 0. The first-order chi connectivity index (χ1) is 5.16. The molecule has 0 aromatic carbocycles. The van der Waals surface area contributed by atoms with Crippen LogP contribution in [0.1, 0.15) is 36.4 Å². The number of aliphatic hydroxyl groups is 1.